The molecule has 2 aromatic heterocycles. The third kappa shape index (κ3) is 4.91. The van der Waals surface area contributed by atoms with Gasteiger partial charge >= 0.3 is 0 Å². The molecular weight excluding hydrogens is 543 g/mol. The van der Waals surface area contributed by atoms with E-state index in [1.807, 2.05) is 28.8 Å². The number of benzene rings is 1. The second kappa shape index (κ2) is 9.88. The fourth-order valence-electron chi connectivity index (χ4n) is 3.72. The van der Waals surface area contributed by atoms with E-state index in [9.17, 15) is 0 Å². The van der Waals surface area contributed by atoms with E-state index in [1.165, 1.54) is 24.8 Å². The number of hydrogen-bond acceptors (Lipinski definition) is 3. The number of nitrogens with one attached hydrogen (secondary N) is 2. The van der Waals surface area contributed by atoms with Crippen molar-refractivity contribution >= 4 is 51.5 Å². The minimum absolute atomic E-state index is 0. The lowest BCUT2D eigenvalue weighted by Crippen LogP contribution is -2.48. The van der Waals surface area contributed by atoms with Crippen LogP contribution >= 0.6 is 39.9 Å². The summed E-state index contributed by atoms with van der Waals surface area (Å²) in [7, 11) is 0. The first kappa shape index (κ1) is 22.0. The van der Waals surface area contributed by atoms with Gasteiger partial charge in [0.15, 0.2) is 17.4 Å². The lowest BCUT2D eigenvalue weighted by atomic mass is 9.64. The first-order valence-electron chi connectivity index (χ1n) is 9.77. The minimum Gasteiger partial charge on any atom is -0.357 e. The number of aromatic nitrogens is 3. The van der Waals surface area contributed by atoms with Crippen LogP contribution in [0.5, 0.6) is 0 Å². The van der Waals surface area contributed by atoms with Gasteiger partial charge in [0, 0.05) is 29.2 Å². The van der Waals surface area contributed by atoms with Crippen LogP contribution in [-0.4, -0.2) is 33.6 Å². The van der Waals surface area contributed by atoms with Crippen molar-refractivity contribution in [3.05, 3.63) is 64.5 Å². The zero-order chi connectivity index (χ0) is 19.4. The quantitative estimate of drug-likeness (QED) is 0.264. The molecule has 0 saturated heterocycles. The van der Waals surface area contributed by atoms with E-state index < -0.39 is 0 Å². The summed E-state index contributed by atoms with van der Waals surface area (Å²) < 4.78 is 3.09. The first-order valence-corrected chi connectivity index (χ1v) is 10.6. The van der Waals surface area contributed by atoms with Gasteiger partial charge in [-0.15, -0.1) is 34.2 Å². The van der Waals surface area contributed by atoms with E-state index in [0.29, 0.717) is 6.54 Å². The van der Waals surface area contributed by atoms with Crippen LogP contribution < -0.4 is 10.6 Å². The third-order valence-corrected chi connectivity index (χ3v) is 6.00. The van der Waals surface area contributed by atoms with Gasteiger partial charge in [-0.05, 0) is 49.6 Å². The van der Waals surface area contributed by atoms with Gasteiger partial charge in [0.25, 0.3) is 0 Å². The number of fused-ring (bicyclic) bond motifs is 1. The Kier molecular flexibility index (Phi) is 7.50. The molecule has 0 atom stereocenters. The molecule has 1 aliphatic carbocycles. The topological polar surface area (TPSA) is 66.6 Å². The van der Waals surface area contributed by atoms with E-state index in [-0.39, 0.29) is 29.4 Å². The van der Waals surface area contributed by atoms with E-state index in [0.717, 1.165) is 35.0 Å². The molecule has 0 spiro atoms. The summed E-state index contributed by atoms with van der Waals surface area (Å²) in [6.45, 7) is 4.25. The lowest BCUT2D eigenvalue weighted by molar-refractivity contribution is 0.244. The molecule has 0 amide bonds. The summed E-state index contributed by atoms with van der Waals surface area (Å²) in [6, 6.07) is 14.6. The van der Waals surface area contributed by atoms with Crippen LogP contribution in [0.25, 0.3) is 5.65 Å². The van der Waals surface area contributed by atoms with Crippen molar-refractivity contribution < 1.29 is 0 Å². The summed E-state index contributed by atoms with van der Waals surface area (Å²) in [5.41, 5.74) is 2.43. The summed E-state index contributed by atoms with van der Waals surface area (Å²) in [6.07, 6.45) is 5.65. The molecule has 3 aromatic rings. The van der Waals surface area contributed by atoms with E-state index in [1.54, 1.807) is 0 Å². The minimum atomic E-state index is 0. The van der Waals surface area contributed by atoms with Gasteiger partial charge in [-0.2, -0.15) is 0 Å². The number of hydrogen-bond donors (Lipinski definition) is 2. The number of pyridine rings is 1. The van der Waals surface area contributed by atoms with Crippen LogP contribution in [0.4, 0.5) is 0 Å². The number of aliphatic imine (C=N–C) groups is 1. The molecule has 1 aromatic carbocycles. The average Bonchev–Trinajstić information content (AvgIpc) is 3.09. The zero-order valence-corrected chi connectivity index (χ0v) is 20.4. The Morgan fingerprint density at radius 3 is 2.62 bits per heavy atom. The second-order valence-electron chi connectivity index (χ2n) is 7.23. The summed E-state index contributed by atoms with van der Waals surface area (Å²) in [4.78, 5) is 4.74. The number of guanidine groups is 1. The molecule has 0 unspecified atom stereocenters. The Balaban J connectivity index is 0.00000240. The van der Waals surface area contributed by atoms with E-state index in [2.05, 4.69) is 68.0 Å². The Morgan fingerprint density at radius 2 is 1.93 bits per heavy atom. The third-order valence-electron chi connectivity index (χ3n) is 5.47. The summed E-state index contributed by atoms with van der Waals surface area (Å²) in [5, 5.41) is 15.4. The zero-order valence-electron chi connectivity index (χ0n) is 16.4. The average molecular weight is 569 g/mol. The van der Waals surface area contributed by atoms with Crippen LogP contribution in [0.15, 0.2) is 58.1 Å². The van der Waals surface area contributed by atoms with Crippen molar-refractivity contribution in [3.63, 3.8) is 0 Å². The van der Waals surface area contributed by atoms with Gasteiger partial charge in [-0.25, -0.2) is 4.99 Å². The maximum Gasteiger partial charge on any atom is 0.191 e. The van der Waals surface area contributed by atoms with Gasteiger partial charge in [0.2, 0.25) is 0 Å². The monoisotopic (exact) mass is 568 g/mol. The van der Waals surface area contributed by atoms with Crippen LogP contribution in [0.3, 0.4) is 0 Å². The maximum absolute atomic E-state index is 4.74. The molecule has 4 rings (SSSR count). The van der Waals surface area contributed by atoms with Crippen LogP contribution in [-0.2, 0) is 12.0 Å². The van der Waals surface area contributed by atoms with Crippen LogP contribution in [0.2, 0.25) is 0 Å². The maximum atomic E-state index is 4.74. The largest absolute Gasteiger partial charge is 0.357 e. The number of nitrogens with zero attached hydrogens (tertiary/aromatic N) is 4. The van der Waals surface area contributed by atoms with Gasteiger partial charge in [-0.1, -0.05) is 40.5 Å². The highest BCUT2D eigenvalue weighted by atomic mass is 127. The second-order valence-corrected chi connectivity index (χ2v) is 8.15. The summed E-state index contributed by atoms with van der Waals surface area (Å²) >= 11 is 3.53. The lowest BCUT2D eigenvalue weighted by Gasteiger charge is -2.43. The van der Waals surface area contributed by atoms with Gasteiger partial charge in [0.1, 0.15) is 6.54 Å². The van der Waals surface area contributed by atoms with Crippen molar-refractivity contribution in [2.75, 3.05) is 13.1 Å². The van der Waals surface area contributed by atoms with E-state index >= 15 is 0 Å². The van der Waals surface area contributed by atoms with Crippen molar-refractivity contribution in [1.29, 1.82) is 0 Å². The summed E-state index contributed by atoms with van der Waals surface area (Å²) in [5.74, 6) is 1.65. The molecule has 0 bridgehead atoms. The predicted molar refractivity (Wildman–Crippen MR) is 131 cm³/mol. The highest BCUT2D eigenvalue weighted by Gasteiger charge is 2.38. The molecule has 1 saturated carbocycles. The SMILES string of the molecule is CCNC(=NCc1nnc2ccccn12)NCC1(c2ccc(Br)cc2)CCC1.I. The first-order chi connectivity index (χ1) is 13.7. The molecule has 2 N–H and O–H groups in total. The van der Waals surface area contributed by atoms with Crippen molar-refractivity contribution in [3.8, 4) is 0 Å². The number of halogens is 2. The Morgan fingerprint density at radius 1 is 1.14 bits per heavy atom. The molecule has 6 nitrogen and oxygen atoms in total. The van der Waals surface area contributed by atoms with Crippen LogP contribution in [0, 0.1) is 0 Å². The normalized spacial score (nSPS) is 15.4. The molecule has 1 fully saturated rings. The highest BCUT2D eigenvalue weighted by molar-refractivity contribution is 14.0. The molecule has 0 aliphatic heterocycles. The fourth-order valence-corrected chi connectivity index (χ4v) is 3.98. The van der Waals surface area contributed by atoms with Gasteiger partial charge in [0.05, 0.1) is 0 Å². The fraction of sp³-hybridized carbons (Fsp3) is 0.381. The molecular formula is C21H26BrIN6. The molecule has 0 radical (unpaired) electrons. The van der Waals surface area contributed by atoms with Gasteiger partial charge in [-0.3, -0.25) is 4.40 Å². The predicted octanol–water partition coefficient (Wildman–Crippen LogP) is 4.29. The number of rotatable bonds is 6. The molecule has 8 heteroatoms. The Bertz CT molecular complexity index is 965. The standard InChI is InChI=1S/C21H25BrN6.HI/c1-2-23-20(24-14-19-27-26-18-6-3-4-13-28(18)19)25-15-21(11-5-12-21)16-7-9-17(22)10-8-16;/h3-4,6-10,13H,2,5,11-12,14-15H2,1H3,(H2,23,24,25);1H. The Hall–Kier alpha value is -1.68. The van der Waals surface area contributed by atoms with Gasteiger partial charge < -0.3 is 10.6 Å². The molecule has 29 heavy (non-hydrogen) atoms. The van der Waals surface area contributed by atoms with Crippen molar-refractivity contribution in [1.82, 2.24) is 25.2 Å². The Labute approximate surface area is 196 Å². The highest BCUT2D eigenvalue weighted by Crippen LogP contribution is 2.43. The molecule has 154 valence electrons. The van der Waals surface area contributed by atoms with Crippen LogP contribution in [0.1, 0.15) is 37.6 Å². The smallest absolute Gasteiger partial charge is 0.191 e. The molecule has 2 heterocycles. The molecule has 1 aliphatic rings. The van der Waals surface area contributed by atoms with Crippen molar-refractivity contribution in [2.24, 2.45) is 4.99 Å². The van der Waals surface area contributed by atoms with Crippen molar-refractivity contribution in [2.45, 2.75) is 38.1 Å². The van der Waals surface area contributed by atoms with E-state index in [4.69, 9.17) is 4.99 Å².